The van der Waals surface area contributed by atoms with Gasteiger partial charge in [-0.2, -0.15) is 0 Å². The van der Waals surface area contributed by atoms with Crippen molar-refractivity contribution in [3.63, 3.8) is 0 Å². The van der Waals surface area contributed by atoms with Crippen LogP contribution in [0.4, 0.5) is 0 Å². The number of esters is 1. The number of rotatable bonds is 7. The summed E-state index contributed by atoms with van der Waals surface area (Å²) in [6.07, 6.45) is 1.33. The SMILES string of the molecule is CCCC(C)(NC(=O)Cc1ccc(OC)cc1Cl)C(=O)OC. The maximum absolute atomic E-state index is 12.2. The number of amides is 1. The van der Waals surface area contributed by atoms with E-state index in [1.807, 2.05) is 6.92 Å². The second-order valence-electron chi connectivity index (χ2n) is 5.26. The topological polar surface area (TPSA) is 64.6 Å². The van der Waals surface area contributed by atoms with E-state index < -0.39 is 11.5 Å². The van der Waals surface area contributed by atoms with Gasteiger partial charge in [0.25, 0.3) is 0 Å². The smallest absolute Gasteiger partial charge is 0.331 e. The van der Waals surface area contributed by atoms with Crippen molar-refractivity contribution >= 4 is 23.5 Å². The summed E-state index contributed by atoms with van der Waals surface area (Å²) >= 11 is 6.12. The summed E-state index contributed by atoms with van der Waals surface area (Å²) in [5, 5.41) is 3.19. The summed E-state index contributed by atoms with van der Waals surface area (Å²) < 4.78 is 9.84. The lowest BCUT2D eigenvalue weighted by Crippen LogP contribution is -2.53. The molecule has 0 saturated heterocycles. The molecule has 0 saturated carbocycles. The van der Waals surface area contributed by atoms with Crippen LogP contribution in [-0.4, -0.2) is 31.6 Å². The van der Waals surface area contributed by atoms with Crippen LogP contribution in [0.2, 0.25) is 5.02 Å². The van der Waals surface area contributed by atoms with Crippen LogP contribution in [0.1, 0.15) is 32.3 Å². The minimum atomic E-state index is -1.03. The normalized spacial score (nSPS) is 13.1. The monoisotopic (exact) mass is 327 g/mol. The van der Waals surface area contributed by atoms with E-state index in [0.717, 1.165) is 6.42 Å². The van der Waals surface area contributed by atoms with Crippen LogP contribution in [0.3, 0.4) is 0 Å². The molecule has 22 heavy (non-hydrogen) atoms. The number of hydrogen-bond donors (Lipinski definition) is 1. The van der Waals surface area contributed by atoms with E-state index in [1.165, 1.54) is 7.11 Å². The highest BCUT2D eigenvalue weighted by Crippen LogP contribution is 2.23. The van der Waals surface area contributed by atoms with Gasteiger partial charge in [0.2, 0.25) is 5.91 Å². The Morgan fingerprint density at radius 2 is 2.00 bits per heavy atom. The van der Waals surface area contributed by atoms with E-state index in [-0.39, 0.29) is 12.3 Å². The molecule has 1 atom stereocenters. The number of ether oxygens (including phenoxy) is 2. The zero-order valence-electron chi connectivity index (χ0n) is 13.4. The van der Waals surface area contributed by atoms with E-state index in [2.05, 4.69) is 5.32 Å². The third-order valence-corrected chi connectivity index (χ3v) is 3.76. The minimum Gasteiger partial charge on any atom is -0.497 e. The van der Waals surface area contributed by atoms with Crippen LogP contribution in [0.5, 0.6) is 5.75 Å². The highest BCUT2D eigenvalue weighted by atomic mass is 35.5. The lowest BCUT2D eigenvalue weighted by atomic mass is 9.95. The Hall–Kier alpha value is -1.75. The minimum absolute atomic E-state index is 0.0825. The van der Waals surface area contributed by atoms with Crippen LogP contribution in [-0.2, 0) is 20.7 Å². The molecular weight excluding hydrogens is 306 g/mol. The third-order valence-electron chi connectivity index (χ3n) is 3.41. The van der Waals surface area contributed by atoms with Crippen molar-refractivity contribution in [3.05, 3.63) is 28.8 Å². The van der Waals surface area contributed by atoms with Crippen molar-refractivity contribution in [1.29, 1.82) is 0 Å². The Labute approximate surface area is 135 Å². The number of halogens is 1. The van der Waals surface area contributed by atoms with E-state index in [0.29, 0.717) is 22.8 Å². The van der Waals surface area contributed by atoms with Crippen LogP contribution in [0.15, 0.2) is 18.2 Å². The van der Waals surface area contributed by atoms with Crippen LogP contribution >= 0.6 is 11.6 Å². The van der Waals surface area contributed by atoms with Crippen LogP contribution < -0.4 is 10.1 Å². The number of carbonyl (C=O) groups is 2. The van der Waals surface area contributed by atoms with E-state index in [1.54, 1.807) is 32.2 Å². The molecule has 1 aromatic carbocycles. The lowest BCUT2D eigenvalue weighted by Gasteiger charge is -2.27. The fourth-order valence-corrected chi connectivity index (χ4v) is 2.50. The molecule has 0 radical (unpaired) electrons. The molecule has 0 spiro atoms. The summed E-state index contributed by atoms with van der Waals surface area (Å²) in [7, 11) is 2.85. The Morgan fingerprint density at radius 3 is 2.50 bits per heavy atom. The average Bonchev–Trinajstić information content (AvgIpc) is 2.48. The van der Waals surface area contributed by atoms with Gasteiger partial charge in [-0.25, -0.2) is 4.79 Å². The van der Waals surface area contributed by atoms with Crippen molar-refractivity contribution in [3.8, 4) is 5.75 Å². The number of hydrogen-bond acceptors (Lipinski definition) is 4. The number of nitrogens with one attached hydrogen (secondary N) is 1. The Kier molecular flexibility index (Phi) is 6.68. The molecule has 0 aliphatic carbocycles. The summed E-state index contributed by atoms with van der Waals surface area (Å²) in [5.41, 5.74) is -0.358. The van der Waals surface area contributed by atoms with E-state index >= 15 is 0 Å². The molecule has 1 aromatic rings. The van der Waals surface area contributed by atoms with Crippen molar-refractivity contribution < 1.29 is 19.1 Å². The van der Waals surface area contributed by atoms with Crippen molar-refractivity contribution in [2.24, 2.45) is 0 Å². The van der Waals surface area contributed by atoms with Crippen LogP contribution in [0.25, 0.3) is 0 Å². The second kappa shape index (κ2) is 8.03. The molecule has 6 heteroatoms. The molecule has 1 rings (SSSR count). The predicted octanol–water partition coefficient (Wildman–Crippen LogP) is 2.74. The Morgan fingerprint density at radius 1 is 1.32 bits per heavy atom. The van der Waals surface area contributed by atoms with Crippen LogP contribution in [0, 0.1) is 0 Å². The van der Waals surface area contributed by atoms with Gasteiger partial charge in [-0.05, 0) is 31.0 Å². The number of methoxy groups -OCH3 is 2. The van der Waals surface area contributed by atoms with Gasteiger partial charge in [-0.3, -0.25) is 4.79 Å². The number of carbonyl (C=O) groups excluding carboxylic acids is 2. The Bertz CT molecular complexity index is 547. The summed E-state index contributed by atoms with van der Waals surface area (Å²) in [5.74, 6) is -0.114. The molecule has 0 heterocycles. The van der Waals surface area contributed by atoms with Gasteiger partial charge in [0.05, 0.1) is 20.6 Å². The molecule has 0 aromatic heterocycles. The fraction of sp³-hybridized carbons (Fsp3) is 0.500. The first-order valence-corrected chi connectivity index (χ1v) is 7.46. The fourth-order valence-electron chi connectivity index (χ4n) is 2.26. The summed E-state index contributed by atoms with van der Waals surface area (Å²) in [6.45, 7) is 3.60. The van der Waals surface area contributed by atoms with Gasteiger partial charge in [-0.1, -0.05) is 31.0 Å². The third kappa shape index (κ3) is 4.63. The maximum Gasteiger partial charge on any atom is 0.331 e. The highest BCUT2D eigenvalue weighted by molar-refractivity contribution is 6.31. The lowest BCUT2D eigenvalue weighted by molar-refractivity contribution is -0.150. The van der Waals surface area contributed by atoms with Crippen molar-refractivity contribution in [1.82, 2.24) is 5.32 Å². The average molecular weight is 328 g/mol. The molecule has 0 aliphatic heterocycles. The van der Waals surface area contributed by atoms with Crippen molar-refractivity contribution in [2.45, 2.75) is 38.6 Å². The van der Waals surface area contributed by atoms with Gasteiger partial charge < -0.3 is 14.8 Å². The first-order valence-electron chi connectivity index (χ1n) is 7.08. The second-order valence-corrected chi connectivity index (χ2v) is 5.66. The van der Waals surface area contributed by atoms with Gasteiger partial charge in [-0.15, -0.1) is 0 Å². The molecule has 0 bridgehead atoms. The Balaban J connectivity index is 2.82. The largest absolute Gasteiger partial charge is 0.497 e. The zero-order chi connectivity index (χ0) is 16.8. The van der Waals surface area contributed by atoms with Crippen molar-refractivity contribution in [2.75, 3.05) is 14.2 Å². The number of benzene rings is 1. The molecule has 1 N–H and O–H groups in total. The summed E-state index contributed by atoms with van der Waals surface area (Å²) in [4.78, 5) is 24.1. The molecular formula is C16H22ClNO4. The molecule has 1 unspecified atom stereocenters. The highest BCUT2D eigenvalue weighted by Gasteiger charge is 2.35. The summed E-state index contributed by atoms with van der Waals surface area (Å²) in [6, 6.07) is 5.12. The molecule has 1 amide bonds. The standard InChI is InChI=1S/C16H22ClNO4/c1-5-8-16(2,15(20)22-4)18-14(19)9-11-6-7-12(21-3)10-13(11)17/h6-7,10H,5,8-9H2,1-4H3,(H,18,19). The quantitative estimate of drug-likeness (QED) is 0.782. The first kappa shape index (κ1) is 18.3. The zero-order valence-corrected chi connectivity index (χ0v) is 14.1. The molecule has 122 valence electrons. The first-order chi connectivity index (χ1) is 10.4. The van der Waals surface area contributed by atoms with E-state index in [9.17, 15) is 9.59 Å². The molecule has 5 nitrogen and oxygen atoms in total. The molecule has 0 fully saturated rings. The molecule has 0 aliphatic rings. The van der Waals surface area contributed by atoms with Gasteiger partial charge in [0.15, 0.2) is 0 Å². The predicted molar refractivity (Wildman–Crippen MR) is 85.2 cm³/mol. The van der Waals surface area contributed by atoms with Gasteiger partial charge in [0, 0.05) is 5.02 Å². The van der Waals surface area contributed by atoms with Gasteiger partial charge >= 0.3 is 5.97 Å². The maximum atomic E-state index is 12.2. The van der Waals surface area contributed by atoms with E-state index in [4.69, 9.17) is 21.1 Å². The van der Waals surface area contributed by atoms with Gasteiger partial charge in [0.1, 0.15) is 11.3 Å².